The molecule has 1 rings (SSSR count). The van der Waals surface area contributed by atoms with E-state index < -0.39 is 0 Å². The predicted octanol–water partition coefficient (Wildman–Crippen LogP) is 2.22. The molecule has 1 aromatic carbocycles. The Morgan fingerprint density at radius 3 is 2.28 bits per heavy atom. The van der Waals surface area contributed by atoms with Gasteiger partial charge in [-0.05, 0) is 39.7 Å². The van der Waals surface area contributed by atoms with E-state index in [1.54, 1.807) is 0 Å². The lowest BCUT2D eigenvalue weighted by Crippen LogP contribution is -2.40. The highest BCUT2D eigenvalue weighted by molar-refractivity contribution is 6.31. The van der Waals surface area contributed by atoms with Crippen LogP contribution < -0.4 is 5.73 Å². The third-order valence-electron chi connectivity index (χ3n) is 3.10. The maximum absolute atomic E-state index is 6.28. The number of likely N-dealkylation sites (N-methyl/N-ethyl adjacent to an activating group) is 2. The molecule has 18 heavy (non-hydrogen) atoms. The van der Waals surface area contributed by atoms with Gasteiger partial charge in [0.1, 0.15) is 0 Å². The topological polar surface area (TPSA) is 32.5 Å². The third-order valence-corrected chi connectivity index (χ3v) is 3.44. The molecule has 2 unspecified atom stereocenters. The molecule has 0 saturated carbocycles. The maximum atomic E-state index is 6.28. The summed E-state index contributed by atoms with van der Waals surface area (Å²) in [4.78, 5) is 4.44. The van der Waals surface area contributed by atoms with Gasteiger partial charge in [-0.3, -0.25) is 4.90 Å². The van der Waals surface area contributed by atoms with Crippen molar-refractivity contribution in [3.63, 3.8) is 0 Å². The van der Waals surface area contributed by atoms with Gasteiger partial charge in [0.2, 0.25) is 0 Å². The normalized spacial score (nSPS) is 15.1. The second-order valence-electron chi connectivity index (χ2n) is 5.11. The molecule has 102 valence electrons. The van der Waals surface area contributed by atoms with Gasteiger partial charge in [0.15, 0.2) is 0 Å². The van der Waals surface area contributed by atoms with E-state index in [9.17, 15) is 0 Å². The average molecular weight is 270 g/mol. The minimum atomic E-state index is 0.0389. The molecule has 3 nitrogen and oxygen atoms in total. The van der Waals surface area contributed by atoms with E-state index in [0.29, 0.717) is 0 Å². The lowest BCUT2D eigenvalue weighted by molar-refractivity contribution is 0.198. The van der Waals surface area contributed by atoms with Gasteiger partial charge in [-0.2, -0.15) is 0 Å². The van der Waals surface area contributed by atoms with Crippen LogP contribution in [0, 0.1) is 0 Å². The predicted molar refractivity (Wildman–Crippen MR) is 79.0 cm³/mol. The molecule has 0 heterocycles. The molecule has 0 saturated heterocycles. The van der Waals surface area contributed by atoms with Gasteiger partial charge in [-0.25, -0.2) is 0 Å². The fourth-order valence-corrected chi connectivity index (χ4v) is 2.38. The Morgan fingerprint density at radius 2 is 1.78 bits per heavy atom. The number of rotatable bonds is 6. The summed E-state index contributed by atoms with van der Waals surface area (Å²) in [5.74, 6) is 0. The van der Waals surface area contributed by atoms with Gasteiger partial charge in [-0.1, -0.05) is 29.8 Å². The van der Waals surface area contributed by atoms with Crippen LogP contribution in [0.2, 0.25) is 5.02 Å². The first-order chi connectivity index (χ1) is 8.43. The molecule has 1 aromatic rings. The fraction of sp³-hybridized carbons (Fsp3) is 0.571. The number of hydrogen-bond donors (Lipinski definition) is 1. The van der Waals surface area contributed by atoms with Crippen molar-refractivity contribution in [1.29, 1.82) is 0 Å². The lowest BCUT2D eigenvalue weighted by Gasteiger charge is -2.32. The highest BCUT2D eigenvalue weighted by Gasteiger charge is 2.22. The van der Waals surface area contributed by atoms with Crippen LogP contribution in [0.4, 0.5) is 0 Å². The molecule has 0 bridgehead atoms. The molecule has 0 fully saturated rings. The minimum Gasteiger partial charge on any atom is -0.326 e. The number of hydrogen-bond acceptors (Lipinski definition) is 3. The van der Waals surface area contributed by atoms with Gasteiger partial charge in [0, 0.05) is 24.2 Å². The van der Waals surface area contributed by atoms with Crippen molar-refractivity contribution >= 4 is 11.6 Å². The third kappa shape index (κ3) is 4.25. The van der Waals surface area contributed by atoms with Gasteiger partial charge in [0.05, 0.1) is 6.04 Å². The van der Waals surface area contributed by atoms with Crippen LogP contribution in [-0.2, 0) is 0 Å². The molecule has 0 aliphatic heterocycles. The van der Waals surface area contributed by atoms with Crippen molar-refractivity contribution in [3.05, 3.63) is 34.9 Å². The van der Waals surface area contributed by atoms with Crippen LogP contribution in [0.5, 0.6) is 0 Å². The van der Waals surface area contributed by atoms with Gasteiger partial charge in [0.25, 0.3) is 0 Å². The number of nitrogens with zero attached hydrogens (tertiary/aromatic N) is 2. The van der Waals surface area contributed by atoms with E-state index in [2.05, 4.69) is 37.0 Å². The van der Waals surface area contributed by atoms with Crippen molar-refractivity contribution in [1.82, 2.24) is 9.80 Å². The molecule has 0 aliphatic carbocycles. The Balaban J connectivity index is 2.86. The highest BCUT2D eigenvalue weighted by Crippen LogP contribution is 2.28. The van der Waals surface area contributed by atoms with Crippen LogP contribution in [0.15, 0.2) is 24.3 Å². The average Bonchev–Trinajstić information content (AvgIpc) is 2.29. The lowest BCUT2D eigenvalue weighted by atomic mass is 9.99. The quantitative estimate of drug-likeness (QED) is 0.860. The zero-order valence-electron chi connectivity index (χ0n) is 11.7. The van der Waals surface area contributed by atoms with Crippen molar-refractivity contribution < 1.29 is 0 Å². The summed E-state index contributed by atoms with van der Waals surface area (Å²) in [7, 11) is 6.25. The summed E-state index contributed by atoms with van der Waals surface area (Å²) in [6, 6.07) is 8.13. The molecule has 0 radical (unpaired) electrons. The number of halogens is 1. The summed E-state index contributed by atoms with van der Waals surface area (Å²) < 4.78 is 0. The summed E-state index contributed by atoms with van der Waals surface area (Å²) in [5, 5.41) is 0.788. The summed E-state index contributed by atoms with van der Waals surface area (Å²) in [5.41, 5.74) is 7.24. The molecule has 0 aliphatic rings. The molecule has 2 N–H and O–H groups in total. The van der Waals surface area contributed by atoms with Crippen LogP contribution in [0.1, 0.15) is 18.5 Å². The van der Waals surface area contributed by atoms with E-state index in [0.717, 1.165) is 23.7 Å². The van der Waals surface area contributed by atoms with Crippen molar-refractivity contribution in [2.24, 2.45) is 5.73 Å². The smallest absolute Gasteiger partial charge is 0.0508 e. The molecule has 0 aromatic heterocycles. The molecule has 0 amide bonds. The van der Waals surface area contributed by atoms with Crippen LogP contribution >= 0.6 is 11.6 Å². The van der Waals surface area contributed by atoms with Gasteiger partial charge < -0.3 is 10.6 Å². The summed E-state index contributed by atoms with van der Waals surface area (Å²) in [6.45, 7) is 3.99. The van der Waals surface area contributed by atoms with Crippen molar-refractivity contribution in [2.75, 3.05) is 34.2 Å². The first-order valence-electron chi connectivity index (χ1n) is 6.28. The second-order valence-corrected chi connectivity index (χ2v) is 5.52. The summed E-state index contributed by atoms with van der Waals surface area (Å²) in [6.07, 6.45) is 0. The standard InChI is InChI=1S/C14H24ClN3/c1-11(16)14(18(4)10-9-17(2)3)12-7-5-6-8-13(12)15/h5-8,11,14H,9-10,16H2,1-4H3. The SMILES string of the molecule is CC(N)C(c1ccccc1Cl)N(C)CCN(C)C. The second kappa shape index (κ2) is 7.10. The highest BCUT2D eigenvalue weighted by atomic mass is 35.5. The molecule has 2 atom stereocenters. The Bertz CT molecular complexity index is 366. The number of benzene rings is 1. The summed E-state index contributed by atoms with van der Waals surface area (Å²) >= 11 is 6.28. The Hall–Kier alpha value is -0.610. The Morgan fingerprint density at radius 1 is 1.17 bits per heavy atom. The first kappa shape index (κ1) is 15.4. The Kier molecular flexibility index (Phi) is 6.09. The zero-order valence-corrected chi connectivity index (χ0v) is 12.5. The van der Waals surface area contributed by atoms with Crippen LogP contribution in [-0.4, -0.2) is 50.1 Å². The maximum Gasteiger partial charge on any atom is 0.0508 e. The van der Waals surface area contributed by atoms with E-state index >= 15 is 0 Å². The molecular formula is C14H24ClN3. The van der Waals surface area contributed by atoms with Crippen molar-refractivity contribution in [3.8, 4) is 0 Å². The van der Waals surface area contributed by atoms with Gasteiger partial charge in [-0.15, -0.1) is 0 Å². The zero-order chi connectivity index (χ0) is 13.7. The monoisotopic (exact) mass is 269 g/mol. The van der Waals surface area contributed by atoms with E-state index in [1.807, 2.05) is 25.1 Å². The van der Waals surface area contributed by atoms with Crippen LogP contribution in [0.3, 0.4) is 0 Å². The molecular weight excluding hydrogens is 246 g/mol. The first-order valence-corrected chi connectivity index (χ1v) is 6.66. The molecule has 0 spiro atoms. The molecule has 4 heteroatoms. The Labute approximate surface area is 116 Å². The van der Waals surface area contributed by atoms with Gasteiger partial charge >= 0.3 is 0 Å². The van der Waals surface area contributed by atoms with E-state index in [1.165, 1.54) is 0 Å². The fourth-order valence-electron chi connectivity index (χ4n) is 2.13. The van der Waals surface area contributed by atoms with E-state index in [-0.39, 0.29) is 12.1 Å². The minimum absolute atomic E-state index is 0.0389. The number of nitrogens with two attached hydrogens (primary N) is 1. The van der Waals surface area contributed by atoms with E-state index in [4.69, 9.17) is 17.3 Å². The van der Waals surface area contributed by atoms with Crippen LogP contribution in [0.25, 0.3) is 0 Å². The van der Waals surface area contributed by atoms with Crippen molar-refractivity contribution in [2.45, 2.75) is 19.0 Å². The largest absolute Gasteiger partial charge is 0.326 e.